The third-order valence-corrected chi connectivity index (χ3v) is 4.95. The van der Waals surface area contributed by atoms with Crippen LogP contribution in [0, 0.1) is 0 Å². The Labute approximate surface area is 206 Å². The zero-order valence-electron chi connectivity index (χ0n) is 19.1. The van der Waals surface area contributed by atoms with Gasteiger partial charge in [-0.2, -0.15) is 5.10 Å². The molecule has 0 radical (unpaired) electrons. The summed E-state index contributed by atoms with van der Waals surface area (Å²) in [5.74, 6) is -0.512. The molecule has 3 aromatic carbocycles. The van der Waals surface area contributed by atoms with E-state index in [0.717, 1.165) is 0 Å². The fraction of sp³-hybridized carbons (Fsp3) is 0.0370. The van der Waals surface area contributed by atoms with E-state index in [1.807, 2.05) is 0 Å². The Hall–Kier alpha value is -5.18. The van der Waals surface area contributed by atoms with Gasteiger partial charge in [0.15, 0.2) is 0 Å². The molecule has 4 rings (SSSR count). The first-order valence-electron chi connectivity index (χ1n) is 10.8. The number of esters is 1. The molecule has 0 fully saturated rings. The van der Waals surface area contributed by atoms with Gasteiger partial charge in [0.1, 0.15) is 11.5 Å². The number of hydrazone groups is 1. The summed E-state index contributed by atoms with van der Waals surface area (Å²) in [6.07, 6.45) is 2.73. The summed E-state index contributed by atoms with van der Waals surface area (Å²) in [5.41, 5.74) is 4.08. The van der Waals surface area contributed by atoms with Crippen molar-refractivity contribution in [3.63, 3.8) is 0 Å². The van der Waals surface area contributed by atoms with Crippen LogP contribution in [-0.2, 0) is 0 Å². The summed E-state index contributed by atoms with van der Waals surface area (Å²) in [6, 6.07) is 22.9. The third-order valence-electron chi connectivity index (χ3n) is 4.95. The molecule has 1 heterocycles. The Morgan fingerprint density at radius 2 is 1.67 bits per heavy atom. The third kappa shape index (κ3) is 6.03. The van der Waals surface area contributed by atoms with E-state index in [1.54, 1.807) is 79.9 Å². The van der Waals surface area contributed by atoms with Crippen LogP contribution < -0.4 is 20.2 Å². The molecule has 0 aliphatic heterocycles. The number of amides is 2. The molecule has 4 aromatic rings. The number of para-hydroxylation sites is 1. The van der Waals surface area contributed by atoms with Gasteiger partial charge in [-0.05, 0) is 66.7 Å². The molecule has 0 aliphatic rings. The van der Waals surface area contributed by atoms with E-state index >= 15 is 0 Å². The van der Waals surface area contributed by atoms with Crippen LogP contribution >= 0.6 is 0 Å². The standard InChI is InChI=1S/C27H21N3O6/c1-34-22-13-11-18(12-14-22)25(31)29-21-8-4-7-19(16-21)26(32)30-28-17-20-6-2-3-9-23(20)36-27(33)24-10-5-15-35-24/h2-17H,1H3,(H,29,31)(H,30,32). The van der Waals surface area contributed by atoms with Gasteiger partial charge in [0, 0.05) is 22.4 Å². The monoisotopic (exact) mass is 483 g/mol. The van der Waals surface area contributed by atoms with E-state index in [2.05, 4.69) is 15.8 Å². The molecule has 0 aliphatic carbocycles. The predicted octanol–water partition coefficient (Wildman–Crippen LogP) is 4.52. The molecular formula is C27H21N3O6. The molecule has 0 saturated carbocycles. The van der Waals surface area contributed by atoms with Crippen LogP contribution in [0.15, 0.2) is 101 Å². The van der Waals surface area contributed by atoms with Crippen LogP contribution in [0.5, 0.6) is 11.5 Å². The SMILES string of the molecule is COc1ccc(C(=O)Nc2cccc(C(=O)NN=Cc3ccccc3OC(=O)c3ccco3)c2)cc1. The molecule has 1 aromatic heterocycles. The highest BCUT2D eigenvalue weighted by Crippen LogP contribution is 2.18. The number of hydrogen-bond acceptors (Lipinski definition) is 7. The van der Waals surface area contributed by atoms with E-state index in [4.69, 9.17) is 13.9 Å². The Balaban J connectivity index is 1.38. The van der Waals surface area contributed by atoms with Crippen molar-refractivity contribution in [2.45, 2.75) is 0 Å². The molecule has 0 unspecified atom stereocenters. The fourth-order valence-corrected chi connectivity index (χ4v) is 3.13. The van der Waals surface area contributed by atoms with Crippen molar-refractivity contribution in [2.24, 2.45) is 5.10 Å². The Morgan fingerprint density at radius 1 is 0.861 bits per heavy atom. The summed E-state index contributed by atoms with van der Waals surface area (Å²) < 4.78 is 15.5. The highest BCUT2D eigenvalue weighted by molar-refractivity contribution is 6.05. The first-order valence-corrected chi connectivity index (χ1v) is 10.8. The van der Waals surface area contributed by atoms with Crippen molar-refractivity contribution in [2.75, 3.05) is 12.4 Å². The lowest BCUT2D eigenvalue weighted by Crippen LogP contribution is -2.18. The van der Waals surface area contributed by atoms with Crippen LogP contribution in [0.3, 0.4) is 0 Å². The van der Waals surface area contributed by atoms with Crippen LogP contribution in [0.25, 0.3) is 0 Å². The number of carbonyl (C=O) groups is 3. The number of nitrogens with one attached hydrogen (secondary N) is 2. The minimum Gasteiger partial charge on any atom is -0.497 e. The summed E-state index contributed by atoms with van der Waals surface area (Å²) in [6.45, 7) is 0. The average molecular weight is 483 g/mol. The van der Waals surface area contributed by atoms with Crippen molar-refractivity contribution in [1.82, 2.24) is 5.43 Å². The van der Waals surface area contributed by atoms with Crippen molar-refractivity contribution >= 4 is 29.7 Å². The second-order valence-electron chi connectivity index (χ2n) is 7.37. The zero-order valence-corrected chi connectivity index (χ0v) is 19.1. The molecule has 0 bridgehead atoms. The number of rotatable bonds is 8. The lowest BCUT2D eigenvalue weighted by Gasteiger charge is -2.08. The summed E-state index contributed by atoms with van der Waals surface area (Å²) in [5, 5.41) is 6.72. The van der Waals surface area contributed by atoms with Gasteiger partial charge < -0.3 is 19.2 Å². The molecule has 36 heavy (non-hydrogen) atoms. The molecule has 0 atom stereocenters. The van der Waals surface area contributed by atoms with Crippen LogP contribution in [-0.4, -0.2) is 31.1 Å². The maximum Gasteiger partial charge on any atom is 0.379 e. The van der Waals surface area contributed by atoms with Gasteiger partial charge >= 0.3 is 5.97 Å². The predicted molar refractivity (Wildman–Crippen MR) is 133 cm³/mol. The van der Waals surface area contributed by atoms with E-state index < -0.39 is 11.9 Å². The van der Waals surface area contributed by atoms with Gasteiger partial charge in [-0.25, -0.2) is 10.2 Å². The molecule has 2 N–H and O–H groups in total. The molecule has 9 nitrogen and oxygen atoms in total. The second kappa shape index (κ2) is 11.3. The Morgan fingerprint density at radius 3 is 2.42 bits per heavy atom. The highest BCUT2D eigenvalue weighted by Gasteiger charge is 2.13. The lowest BCUT2D eigenvalue weighted by molar-refractivity contribution is 0.0700. The van der Waals surface area contributed by atoms with Crippen molar-refractivity contribution in [3.05, 3.63) is 114 Å². The number of carbonyl (C=O) groups excluding carboxylic acids is 3. The smallest absolute Gasteiger partial charge is 0.379 e. The number of benzene rings is 3. The summed E-state index contributed by atoms with van der Waals surface area (Å²) in [4.78, 5) is 37.2. The number of nitrogens with zero attached hydrogens (tertiary/aromatic N) is 1. The normalized spacial score (nSPS) is 10.6. The number of furan rings is 1. The zero-order chi connectivity index (χ0) is 25.3. The molecule has 180 valence electrons. The highest BCUT2D eigenvalue weighted by atomic mass is 16.5. The van der Waals surface area contributed by atoms with Crippen LogP contribution in [0.2, 0.25) is 0 Å². The largest absolute Gasteiger partial charge is 0.497 e. The minimum atomic E-state index is -0.654. The number of methoxy groups -OCH3 is 1. The average Bonchev–Trinajstić information content (AvgIpc) is 3.45. The Bertz CT molecular complexity index is 1400. The van der Waals surface area contributed by atoms with Gasteiger partial charge in [-0.3, -0.25) is 9.59 Å². The van der Waals surface area contributed by atoms with Crippen molar-refractivity contribution < 1.29 is 28.3 Å². The topological polar surface area (TPSA) is 119 Å². The van der Waals surface area contributed by atoms with Gasteiger partial charge in [0.2, 0.25) is 5.76 Å². The maximum absolute atomic E-state index is 12.6. The quantitative estimate of drug-likeness (QED) is 0.165. The second-order valence-corrected chi connectivity index (χ2v) is 7.37. The summed E-state index contributed by atoms with van der Waals surface area (Å²) in [7, 11) is 1.55. The van der Waals surface area contributed by atoms with Crippen molar-refractivity contribution in [3.8, 4) is 11.5 Å². The van der Waals surface area contributed by atoms with Crippen molar-refractivity contribution in [1.29, 1.82) is 0 Å². The van der Waals surface area contributed by atoms with Gasteiger partial charge in [-0.1, -0.05) is 18.2 Å². The molecular weight excluding hydrogens is 462 g/mol. The van der Waals surface area contributed by atoms with E-state index in [0.29, 0.717) is 22.6 Å². The maximum atomic E-state index is 12.6. The number of hydrogen-bond donors (Lipinski definition) is 2. The minimum absolute atomic E-state index is 0.0639. The van der Waals surface area contributed by atoms with E-state index in [-0.39, 0.29) is 23.0 Å². The fourth-order valence-electron chi connectivity index (χ4n) is 3.13. The van der Waals surface area contributed by atoms with Gasteiger partial charge in [-0.15, -0.1) is 0 Å². The lowest BCUT2D eigenvalue weighted by atomic mass is 10.1. The molecule has 2 amide bonds. The van der Waals surface area contributed by atoms with Gasteiger partial charge in [0.05, 0.1) is 19.6 Å². The first-order chi connectivity index (χ1) is 17.5. The molecule has 0 saturated heterocycles. The van der Waals surface area contributed by atoms with Crippen LogP contribution in [0.1, 0.15) is 36.8 Å². The first kappa shape index (κ1) is 24.0. The number of anilines is 1. The summed E-state index contributed by atoms with van der Waals surface area (Å²) >= 11 is 0. The molecule has 0 spiro atoms. The van der Waals surface area contributed by atoms with E-state index in [9.17, 15) is 14.4 Å². The van der Waals surface area contributed by atoms with Gasteiger partial charge in [0.25, 0.3) is 11.8 Å². The Kier molecular flexibility index (Phi) is 7.52. The van der Waals surface area contributed by atoms with E-state index in [1.165, 1.54) is 24.6 Å². The van der Waals surface area contributed by atoms with Crippen LogP contribution in [0.4, 0.5) is 5.69 Å². The molecule has 9 heteroatoms. The number of ether oxygens (including phenoxy) is 2.